The smallest absolute Gasteiger partial charge is 0.242 e. The quantitative estimate of drug-likeness (QED) is 0.778. The standard InChI is InChI=1S/C20H26N4O/c1-23(2)19(25)20(11-7-10-17-8-3-5-13-21-17)12-15-24(20)16-18-9-4-6-14-22-18/h3-6,8-9,13-14H,7,10-12,15-16H2,1-2H3. The molecule has 0 N–H and O–H groups in total. The van der Waals surface area contributed by atoms with Gasteiger partial charge in [0, 0.05) is 45.3 Å². The third-order valence-corrected chi connectivity index (χ3v) is 5.03. The summed E-state index contributed by atoms with van der Waals surface area (Å²) in [6, 6.07) is 11.9. The van der Waals surface area contributed by atoms with Crippen LogP contribution < -0.4 is 0 Å². The SMILES string of the molecule is CN(C)C(=O)C1(CCCc2ccccn2)CCN1Cc1ccccn1. The minimum Gasteiger partial charge on any atom is -0.347 e. The van der Waals surface area contributed by atoms with Crippen LogP contribution >= 0.6 is 0 Å². The van der Waals surface area contributed by atoms with Crippen molar-refractivity contribution < 1.29 is 4.79 Å². The van der Waals surface area contributed by atoms with Crippen LogP contribution in [-0.4, -0.2) is 51.9 Å². The molecule has 132 valence electrons. The Bertz CT molecular complexity index is 689. The molecule has 0 radical (unpaired) electrons. The maximum absolute atomic E-state index is 12.9. The molecule has 3 rings (SSSR count). The van der Waals surface area contributed by atoms with Gasteiger partial charge in [0.2, 0.25) is 5.91 Å². The molecular weight excluding hydrogens is 312 g/mol. The normalized spacial score (nSPS) is 20.1. The number of nitrogens with zero attached hydrogens (tertiary/aromatic N) is 4. The second kappa shape index (κ2) is 7.74. The summed E-state index contributed by atoms with van der Waals surface area (Å²) in [5.74, 6) is 0.204. The van der Waals surface area contributed by atoms with E-state index in [0.717, 1.165) is 50.2 Å². The summed E-state index contributed by atoms with van der Waals surface area (Å²) < 4.78 is 0. The Morgan fingerprint density at radius 1 is 1.12 bits per heavy atom. The molecule has 1 atom stereocenters. The largest absolute Gasteiger partial charge is 0.347 e. The second-order valence-electron chi connectivity index (χ2n) is 6.90. The molecule has 0 bridgehead atoms. The van der Waals surface area contributed by atoms with Crippen molar-refractivity contribution in [1.29, 1.82) is 0 Å². The Morgan fingerprint density at radius 2 is 1.80 bits per heavy atom. The second-order valence-corrected chi connectivity index (χ2v) is 6.90. The molecule has 2 aromatic heterocycles. The van der Waals surface area contributed by atoms with E-state index in [2.05, 4.69) is 14.9 Å². The molecule has 2 aromatic rings. The summed E-state index contributed by atoms with van der Waals surface area (Å²) in [4.78, 5) is 25.8. The molecule has 1 amide bonds. The van der Waals surface area contributed by atoms with E-state index in [0.29, 0.717) is 0 Å². The third-order valence-electron chi connectivity index (χ3n) is 5.03. The Kier molecular flexibility index (Phi) is 5.43. The number of likely N-dealkylation sites (tertiary alicyclic amines) is 1. The number of carbonyl (C=O) groups excluding carboxylic acids is 1. The number of likely N-dealkylation sites (N-methyl/N-ethyl adjacent to an activating group) is 1. The number of rotatable bonds is 7. The first-order valence-electron chi connectivity index (χ1n) is 8.88. The maximum atomic E-state index is 12.9. The highest BCUT2D eigenvalue weighted by atomic mass is 16.2. The fourth-order valence-electron chi connectivity index (χ4n) is 3.61. The lowest BCUT2D eigenvalue weighted by molar-refractivity contribution is -0.154. The molecule has 0 aliphatic carbocycles. The zero-order valence-corrected chi connectivity index (χ0v) is 15.1. The summed E-state index contributed by atoms with van der Waals surface area (Å²) in [6.07, 6.45) is 7.26. The van der Waals surface area contributed by atoms with Crippen LogP contribution in [0, 0.1) is 0 Å². The van der Waals surface area contributed by atoms with Gasteiger partial charge in [-0.2, -0.15) is 0 Å². The minimum atomic E-state index is -0.393. The lowest BCUT2D eigenvalue weighted by Crippen LogP contribution is -2.66. The van der Waals surface area contributed by atoms with Gasteiger partial charge in [0.25, 0.3) is 0 Å². The van der Waals surface area contributed by atoms with Crippen LogP contribution in [-0.2, 0) is 17.8 Å². The maximum Gasteiger partial charge on any atom is 0.242 e. The van der Waals surface area contributed by atoms with Gasteiger partial charge in [-0.05, 0) is 49.9 Å². The van der Waals surface area contributed by atoms with Gasteiger partial charge in [-0.3, -0.25) is 19.7 Å². The zero-order chi connectivity index (χ0) is 17.7. The van der Waals surface area contributed by atoms with Crippen LogP contribution in [0.15, 0.2) is 48.8 Å². The van der Waals surface area contributed by atoms with E-state index in [1.54, 1.807) is 4.90 Å². The Balaban J connectivity index is 1.69. The third kappa shape index (κ3) is 3.87. The van der Waals surface area contributed by atoms with E-state index in [4.69, 9.17) is 0 Å². The lowest BCUT2D eigenvalue weighted by Gasteiger charge is -2.52. The number of pyridine rings is 2. The van der Waals surface area contributed by atoms with Gasteiger partial charge in [0.15, 0.2) is 0 Å². The van der Waals surface area contributed by atoms with Crippen molar-refractivity contribution >= 4 is 5.91 Å². The van der Waals surface area contributed by atoms with E-state index in [1.165, 1.54) is 0 Å². The fourth-order valence-corrected chi connectivity index (χ4v) is 3.61. The van der Waals surface area contributed by atoms with Crippen molar-refractivity contribution in [2.24, 2.45) is 0 Å². The monoisotopic (exact) mass is 338 g/mol. The number of aromatic nitrogens is 2. The molecule has 5 heteroatoms. The van der Waals surface area contributed by atoms with Gasteiger partial charge in [0.05, 0.1) is 5.69 Å². The van der Waals surface area contributed by atoms with Gasteiger partial charge in [-0.25, -0.2) is 0 Å². The fraction of sp³-hybridized carbons (Fsp3) is 0.450. The number of carbonyl (C=O) groups is 1. The van der Waals surface area contributed by atoms with Crippen LogP contribution in [0.2, 0.25) is 0 Å². The van der Waals surface area contributed by atoms with E-state index in [1.807, 2.05) is 62.9 Å². The zero-order valence-electron chi connectivity index (χ0n) is 15.1. The number of aryl methyl sites for hydroxylation is 1. The highest BCUT2D eigenvalue weighted by molar-refractivity contribution is 5.87. The highest BCUT2D eigenvalue weighted by Crippen LogP contribution is 2.38. The topological polar surface area (TPSA) is 49.3 Å². The van der Waals surface area contributed by atoms with Crippen molar-refractivity contribution in [3.63, 3.8) is 0 Å². The van der Waals surface area contributed by atoms with E-state index in [-0.39, 0.29) is 5.91 Å². The molecule has 0 saturated carbocycles. The molecule has 1 fully saturated rings. The van der Waals surface area contributed by atoms with Crippen LogP contribution in [0.5, 0.6) is 0 Å². The van der Waals surface area contributed by atoms with Crippen molar-refractivity contribution in [3.8, 4) is 0 Å². The van der Waals surface area contributed by atoms with Gasteiger partial charge < -0.3 is 4.90 Å². The first kappa shape index (κ1) is 17.5. The summed E-state index contributed by atoms with van der Waals surface area (Å²) in [7, 11) is 3.69. The molecule has 1 aliphatic heterocycles. The summed E-state index contributed by atoms with van der Waals surface area (Å²) >= 11 is 0. The highest BCUT2D eigenvalue weighted by Gasteiger charge is 2.50. The minimum absolute atomic E-state index is 0.204. The molecular formula is C20H26N4O. The van der Waals surface area contributed by atoms with Crippen molar-refractivity contribution in [3.05, 3.63) is 60.2 Å². The number of hydrogen-bond acceptors (Lipinski definition) is 4. The predicted molar refractivity (Wildman–Crippen MR) is 97.9 cm³/mol. The molecule has 5 nitrogen and oxygen atoms in total. The molecule has 25 heavy (non-hydrogen) atoms. The molecule has 1 unspecified atom stereocenters. The van der Waals surface area contributed by atoms with E-state index in [9.17, 15) is 4.79 Å². The van der Waals surface area contributed by atoms with E-state index < -0.39 is 5.54 Å². The summed E-state index contributed by atoms with van der Waals surface area (Å²) in [5.41, 5.74) is 1.71. The number of amides is 1. The van der Waals surface area contributed by atoms with E-state index >= 15 is 0 Å². The Morgan fingerprint density at radius 3 is 2.32 bits per heavy atom. The molecule has 1 aliphatic rings. The average molecular weight is 338 g/mol. The molecule has 0 aromatic carbocycles. The first-order chi connectivity index (χ1) is 12.1. The average Bonchev–Trinajstić information content (AvgIpc) is 2.63. The van der Waals surface area contributed by atoms with Gasteiger partial charge in [-0.15, -0.1) is 0 Å². The van der Waals surface area contributed by atoms with Crippen LogP contribution in [0.1, 0.15) is 30.7 Å². The van der Waals surface area contributed by atoms with Crippen LogP contribution in [0.25, 0.3) is 0 Å². The molecule has 0 spiro atoms. The Labute approximate surface area is 149 Å². The summed E-state index contributed by atoms with van der Waals surface area (Å²) in [6.45, 7) is 1.67. The van der Waals surface area contributed by atoms with Crippen LogP contribution in [0.4, 0.5) is 0 Å². The van der Waals surface area contributed by atoms with Crippen molar-refractivity contribution in [2.75, 3.05) is 20.6 Å². The lowest BCUT2D eigenvalue weighted by atomic mass is 9.78. The number of hydrogen-bond donors (Lipinski definition) is 0. The summed E-state index contributed by atoms with van der Waals surface area (Å²) in [5, 5.41) is 0. The van der Waals surface area contributed by atoms with Gasteiger partial charge in [-0.1, -0.05) is 12.1 Å². The molecule has 3 heterocycles. The molecule has 1 saturated heterocycles. The van der Waals surface area contributed by atoms with Crippen molar-refractivity contribution in [1.82, 2.24) is 19.8 Å². The van der Waals surface area contributed by atoms with Crippen molar-refractivity contribution in [2.45, 2.75) is 37.8 Å². The predicted octanol–water partition coefficient (Wildman–Crippen LogP) is 2.53. The van der Waals surface area contributed by atoms with Gasteiger partial charge >= 0.3 is 0 Å². The van der Waals surface area contributed by atoms with Crippen LogP contribution in [0.3, 0.4) is 0 Å². The van der Waals surface area contributed by atoms with Gasteiger partial charge in [0.1, 0.15) is 5.54 Å². The Hall–Kier alpha value is -2.27. The first-order valence-corrected chi connectivity index (χ1v) is 8.88.